The van der Waals surface area contributed by atoms with E-state index in [1.807, 2.05) is 31.2 Å². The molecule has 2 aliphatic rings. The molecule has 3 amide bonds. The Hall–Kier alpha value is -2.08. The van der Waals surface area contributed by atoms with Gasteiger partial charge < -0.3 is 4.90 Å². The molecule has 1 aromatic rings. The summed E-state index contributed by atoms with van der Waals surface area (Å²) in [5, 5.41) is -0.372. The molecule has 1 atom stereocenters. The molecule has 2 fully saturated rings. The van der Waals surface area contributed by atoms with Crippen LogP contribution < -0.4 is 0 Å². The van der Waals surface area contributed by atoms with E-state index in [-0.39, 0.29) is 29.6 Å². The van der Waals surface area contributed by atoms with Crippen molar-refractivity contribution in [2.45, 2.75) is 52.0 Å². The van der Waals surface area contributed by atoms with Crippen LogP contribution in [-0.4, -0.2) is 46.0 Å². The van der Waals surface area contributed by atoms with Gasteiger partial charge in [0, 0.05) is 12.6 Å². The largest absolute Gasteiger partial charge is 0.338 e. The van der Waals surface area contributed by atoms with E-state index in [1.165, 1.54) is 5.56 Å². The zero-order valence-corrected chi connectivity index (χ0v) is 16.9. The second-order valence-corrected chi connectivity index (χ2v) is 8.51. The molecule has 0 aliphatic carbocycles. The van der Waals surface area contributed by atoms with Crippen LogP contribution in [0.5, 0.6) is 0 Å². The fourth-order valence-corrected chi connectivity index (χ4v) is 4.30. The number of thioether (sulfide) groups is 1. The quantitative estimate of drug-likeness (QED) is 0.726. The molecule has 0 N–H and O–H groups in total. The Morgan fingerprint density at radius 1 is 1.22 bits per heavy atom. The Labute approximate surface area is 164 Å². The van der Waals surface area contributed by atoms with Gasteiger partial charge in [0.05, 0.1) is 4.91 Å². The maximum atomic E-state index is 12.6. The predicted octanol–water partition coefficient (Wildman–Crippen LogP) is 4.25. The topological polar surface area (TPSA) is 57.7 Å². The number of hydrogen-bond donors (Lipinski definition) is 0. The molecule has 1 aromatic carbocycles. The van der Waals surface area contributed by atoms with E-state index >= 15 is 0 Å². The zero-order chi connectivity index (χ0) is 19.6. The van der Waals surface area contributed by atoms with Crippen LogP contribution in [0.15, 0.2) is 29.2 Å². The Morgan fingerprint density at radius 2 is 1.93 bits per heavy atom. The molecule has 27 heavy (non-hydrogen) atoms. The van der Waals surface area contributed by atoms with Gasteiger partial charge in [0.2, 0.25) is 5.91 Å². The molecule has 144 valence electrons. The first-order valence-corrected chi connectivity index (χ1v) is 10.3. The Balaban J connectivity index is 1.70. The van der Waals surface area contributed by atoms with Gasteiger partial charge >= 0.3 is 0 Å². The summed E-state index contributed by atoms with van der Waals surface area (Å²) in [4.78, 5) is 40.7. The molecule has 0 radical (unpaired) electrons. The van der Waals surface area contributed by atoms with E-state index in [0.717, 1.165) is 41.5 Å². The molecule has 0 aromatic heterocycles. The monoisotopic (exact) mass is 386 g/mol. The number of imide groups is 1. The lowest BCUT2D eigenvalue weighted by Crippen LogP contribution is -2.47. The molecule has 2 saturated heterocycles. The third kappa shape index (κ3) is 4.43. The number of carbonyl (C=O) groups is 3. The standard InChI is InChI=1S/C21H26N2O3S/c1-14(2)17-9-7-16(8-10-17)12-18-20(25)23(21(26)27-18)13-19(24)22-11-5-4-6-15(22)3/h7-10,12,14-15H,4-6,11,13H2,1-3H3/b18-12-/t15-/m1/s1. The van der Waals surface area contributed by atoms with Crippen LogP contribution in [0.1, 0.15) is 57.1 Å². The van der Waals surface area contributed by atoms with Gasteiger partial charge in [0.25, 0.3) is 11.1 Å². The Bertz CT molecular complexity index is 770. The van der Waals surface area contributed by atoms with Crippen LogP contribution in [0.4, 0.5) is 4.79 Å². The fraction of sp³-hybridized carbons (Fsp3) is 0.476. The molecule has 0 bridgehead atoms. The molecular weight excluding hydrogens is 360 g/mol. The lowest BCUT2D eigenvalue weighted by molar-refractivity contribution is -0.138. The van der Waals surface area contributed by atoms with Gasteiger partial charge in [0.1, 0.15) is 6.54 Å². The van der Waals surface area contributed by atoms with Gasteiger partial charge in [-0.25, -0.2) is 0 Å². The van der Waals surface area contributed by atoms with Gasteiger partial charge in [0.15, 0.2) is 0 Å². The van der Waals surface area contributed by atoms with E-state index in [1.54, 1.807) is 11.0 Å². The Morgan fingerprint density at radius 3 is 2.56 bits per heavy atom. The van der Waals surface area contributed by atoms with Crippen LogP contribution in [0.2, 0.25) is 0 Å². The molecule has 0 spiro atoms. The summed E-state index contributed by atoms with van der Waals surface area (Å²) in [6, 6.07) is 8.12. The van der Waals surface area contributed by atoms with E-state index in [0.29, 0.717) is 17.4 Å². The molecule has 2 heterocycles. The number of benzene rings is 1. The van der Waals surface area contributed by atoms with Crippen molar-refractivity contribution in [2.75, 3.05) is 13.1 Å². The van der Waals surface area contributed by atoms with Crippen molar-refractivity contribution >= 4 is 34.9 Å². The SMILES string of the molecule is CC(C)c1ccc(/C=C2\SC(=O)N(CC(=O)N3CCCC[C@H]3C)C2=O)cc1. The minimum Gasteiger partial charge on any atom is -0.338 e. The third-order valence-corrected chi connectivity index (χ3v) is 6.10. The number of amides is 3. The fourth-order valence-electron chi connectivity index (χ4n) is 3.46. The van der Waals surface area contributed by atoms with E-state index in [9.17, 15) is 14.4 Å². The molecular formula is C21H26N2O3S. The van der Waals surface area contributed by atoms with E-state index in [4.69, 9.17) is 0 Å². The maximum absolute atomic E-state index is 12.6. The average Bonchev–Trinajstić information content (AvgIpc) is 2.90. The first-order valence-electron chi connectivity index (χ1n) is 9.51. The van der Waals surface area contributed by atoms with E-state index < -0.39 is 0 Å². The van der Waals surface area contributed by atoms with Gasteiger partial charge in [-0.05, 0) is 61.1 Å². The van der Waals surface area contributed by atoms with Crippen LogP contribution in [-0.2, 0) is 9.59 Å². The first kappa shape index (κ1) is 19.7. The second-order valence-electron chi connectivity index (χ2n) is 7.52. The first-order chi connectivity index (χ1) is 12.9. The second kappa shape index (κ2) is 8.30. The highest BCUT2D eigenvalue weighted by Gasteiger charge is 2.37. The summed E-state index contributed by atoms with van der Waals surface area (Å²) in [5.41, 5.74) is 2.10. The van der Waals surface area contributed by atoms with E-state index in [2.05, 4.69) is 13.8 Å². The summed E-state index contributed by atoms with van der Waals surface area (Å²) < 4.78 is 0. The summed E-state index contributed by atoms with van der Waals surface area (Å²) in [5.74, 6) is -0.0857. The summed E-state index contributed by atoms with van der Waals surface area (Å²) in [6.07, 6.45) is 4.79. The predicted molar refractivity (Wildman–Crippen MR) is 108 cm³/mol. The smallest absolute Gasteiger partial charge is 0.294 e. The highest BCUT2D eigenvalue weighted by Crippen LogP contribution is 2.32. The highest BCUT2D eigenvalue weighted by molar-refractivity contribution is 8.18. The van der Waals surface area contributed by atoms with Crippen molar-refractivity contribution in [3.8, 4) is 0 Å². The number of hydrogen-bond acceptors (Lipinski definition) is 4. The van der Waals surface area contributed by atoms with Crippen molar-refractivity contribution in [1.29, 1.82) is 0 Å². The zero-order valence-electron chi connectivity index (χ0n) is 16.1. The number of rotatable bonds is 4. The number of piperidine rings is 1. The molecule has 0 saturated carbocycles. The lowest BCUT2D eigenvalue weighted by Gasteiger charge is -2.34. The minimum atomic E-state index is -0.379. The number of likely N-dealkylation sites (tertiary alicyclic amines) is 1. The van der Waals surface area contributed by atoms with Crippen LogP contribution in [0.25, 0.3) is 6.08 Å². The van der Waals surface area contributed by atoms with Crippen molar-refractivity contribution in [1.82, 2.24) is 9.80 Å². The molecule has 5 nitrogen and oxygen atoms in total. The molecule has 3 rings (SSSR count). The average molecular weight is 387 g/mol. The summed E-state index contributed by atoms with van der Waals surface area (Å²) >= 11 is 0.904. The number of carbonyl (C=O) groups excluding carboxylic acids is 3. The third-order valence-electron chi connectivity index (χ3n) is 5.19. The van der Waals surface area contributed by atoms with Crippen LogP contribution in [0, 0.1) is 0 Å². The van der Waals surface area contributed by atoms with Gasteiger partial charge in [-0.2, -0.15) is 0 Å². The van der Waals surface area contributed by atoms with Gasteiger partial charge in [-0.3, -0.25) is 19.3 Å². The highest BCUT2D eigenvalue weighted by atomic mass is 32.2. The normalized spacial score (nSPS) is 22.2. The molecule has 6 heteroatoms. The summed E-state index contributed by atoms with van der Waals surface area (Å²) in [7, 11) is 0. The molecule has 0 unspecified atom stereocenters. The van der Waals surface area contributed by atoms with Crippen molar-refractivity contribution in [3.05, 3.63) is 40.3 Å². The maximum Gasteiger partial charge on any atom is 0.294 e. The van der Waals surface area contributed by atoms with Crippen LogP contribution >= 0.6 is 11.8 Å². The van der Waals surface area contributed by atoms with Crippen LogP contribution in [0.3, 0.4) is 0 Å². The van der Waals surface area contributed by atoms with Gasteiger partial charge in [-0.15, -0.1) is 0 Å². The minimum absolute atomic E-state index is 0.146. The molecule has 2 aliphatic heterocycles. The Kier molecular flexibility index (Phi) is 6.05. The number of nitrogens with zero attached hydrogens (tertiary/aromatic N) is 2. The summed E-state index contributed by atoms with van der Waals surface area (Å²) in [6.45, 7) is 6.81. The van der Waals surface area contributed by atoms with Crippen molar-refractivity contribution in [2.24, 2.45) is 0 Å². The van der Waals surface area contributed by atoms with Gasteiger partial charge in [-0.1, -0.05) is 38.1 Å². The van der Waals surface area contributed by atoms with Crippen molar-refractivity contribution in [3.63, 3.8) is 0 Å². The van der Waals surface area contributed by atoms with Crippen molar-refractivity contribution < 1.29 is 14.4 Å². The lowest BCUT2D eigenvalue weighted by atomic mass is 10.0.